The highest BCUT2D eigenvalue weighted by atomic mass is 16.5. The maximum absolute atomic E-state index is 11.8. The first-order chi connectivity index (χ1) is 11.6. The highest BCUT2D eigenvalue weighted by molar-refractivity contribution is 6.02. The summed E-state index contributed by atoms with van der Waals surface area (Å²) in [6.45, 7) is -0.489. The zero-order chi connectivity index (χ0) is 17.4. The summed E-state index contributed by atoms with van der Waals surface area (Å²) in [5, 5.41) is 2.49. The van der Waals surface area contributed by atoms with Crippen molar-refractivity contribution in [2.24, 2.45) is 0 Å². The van der Waals surface area contributed by atoms with Gasteiger partial charge in [-0.2, -0.15) is 0 Å². The Balaban J connectivity index is 1.87. The fraction of sp³-hybridized carbons (Fsp3) is 0.118. The van der Waals surface area contributed by atoms with E-state index >= 15 is 0 Å². The maximum atomic E-state index is 11.8. The summed E-state index contributed by atoms with van der Waals surface area (Å²) < 4.78 is 14.5. The molecule has 0 saturated carbocycles. The fourth-order valence-electron chi connectivity index (χ4n) is 1.79. The van der Waals surface area contributed by atoms with Crippen LogP contribution in [0.5, 0.6) is 0 Å². The lowest BCUT2D eigenvalue weighted by molar-refractivity contribution is -0.142. The van der Waals surface area contributed by atoms with E-state index in [1.807, 2.05) is 0 Å². The third kappa shape index (κ3) is 4.84. The molecule has 0 spiro atoms. The van der Waals surface area contributed by atoms with Crippen molar-refractivity contribution in [2.75, 3.05) is 19.0 Å². The average molecular weight is 329 g/mol. The minimum absolute atomic E-state index is 0.206. The van der Waals surface area contributed by atoms with Crippen LogP contribution in [0, 0.1) is 0 Å². The van der Waals surface area contributed by atoms with Crippen molar-refractivity contribution in [3.63, 3.8) is 0 Å². The molecule has 124 valence electrons. The van der Waals surface area contributed by atoms with Gasteiger partial charge in [-0.05, 0) is 30.3 Å². The summed E-state index contributed by atoms with van der Waals surface area (Å²) >= 11 is 0. The van der Waals surface area contributed by atoms with Crippen molar-refractivity contribution in [1.29, 1.82) is 0 Å². The Morgan fingerprint density at radius 3 is 2.67 bits per heavy atom. The summed E-state index contributed by atoms with van der Waals surface area (Å²) in [4.78, 5) is 34.9. The van der Waals surface area contributed by atoms with Crippen LogP contribution in [-0.4, -0.2) is 31.6 Å². The minimum Gasteiger partial charge on any atom is -0.465 e. The standard InChI is InChI=1S/C17H15NO6/c1-22-17(21)13-6-2-3-7-14(13)18-15(19)11-24-16(20)9-8-12-5-4-10-23-12/h2-10H,11H2,1H3,(H,18,19). The van der Waals surface area contributed by atoms with Crippen LogP contribution in [0.15, 0.2) is 53.2 Å². The van der Waals surface area contributed by atoms with E-state index < -0.39 is 24.5 Å². The van der Waals surface area contributed by atoms with Crippen LogP contribution in [0.1, 0.15) is 16.1 Å². The monoisotopic (exact) mass is 329 g/mol. The molecule has 0 aliphatic carbocycles. The van der Waals surface area contributed by atoms with Gasteiger partial charge in [0, 0.05) is 6.08 Å². The van der Waals surface area contributed by atoms with E-state index in [1.165, 1.54) is 25.5 Å². The fourth-order valence-corrected chi connectivity index (χ4v) is 1.79. The van der Waals surface area contributed by atoms with Crippen molar-refractivity contribution in [1.82, 2.24) is 0 Å². The Morgan fingerprint density at radius 1 is 1.17 bits per heavy atom. The van der Waals surface area contributed by atoms with Crippen LogP contribution in [-0.2, 0) is 19.1 Å². The van der Waals surface area contributed by atoms with E-state index in [1.54, 1.807) is 30.3 Å². The van der Waals surface area contributed by atoms with Gasteiger partial charge in [-0.25, -0.2) is 9.59 Å². The molecule has 1 aromatic heterocycles. The van der Waals surface area contributed by atoms with Gasteiger partial charge in [0.15, 0.2) is 6.61 Å². The third-order valence-electron chi connectivity index (χ3n) is 2.88. The molecule has 2 aromatic rings. The van der Waals surface area contributed by atoms with Crippen LogP contribution in [0.3, 0.4) is 0 Å². The van der Waals surface area contributed by atoms with Gasteiger partial charge in [0.1, 0.15) is 5.76 Å². The number of esters is 2. The number of benzene rings is 1. The summed E-state index contributed by atoms with van der Waals surface area (Å²) in [7, 11) is 1.24. The Hall–Kier alpha value is -3.35. The molecule has 7 heteroatoms. The lowest BCUT2D eigenvalue weighted by Gasteiger charge is -2.09. The average Bonchev–Trinajstić information content (AvgIpc) is 3.11. The van der Waals surface area contributed by atoms with Crippen LogP contribution < -0.4 is 5.32 Å². The van der Waals surface area contributed by atoms with Crippen molar-refractivity contribution < 1.29 is 28.3 Å². The number of amides is 1. The van der Waals surface area contributed by atoms with Crippen LogP contribution in [0.4, 0.5) is 5.69 Å². The first-order valence-corrected chi connectivity index (χ1v) is 6.95. The molecule has 0 fully saturated rings. The number of hydrogen-bond donors (Lipinski definition) is 1. The quantitative estimate of drug-likeness (QED) is 0.645. The second-order valence-corrected chi connectivity index (χ2v) is 4.54. The van der Waals surface area contributed by atoms with Crippen molar-refractivity contribution in [2.45, 2.75) is 0 Å². The molecule has 2 rings (SSSR count). The minimum atomic E-state index is -0.692. The van der Waals surface area contributed by atoms with E-state index in [4.69, 9.17) is 9.15 Å². The topological polar surface area (TPSA) is 94.8 Å². The van der Waals surface area contributed by atoms with Gasteiger partial charge in [0.05, 0.1) is 24.6 Å². The Bertz CT molecular complexity index is 748. The molecule has 1 aromatic carbocycles. The SMILES string of the molecule is COC(=O)c1ccccc1NC(=O)COC(=O)C=Cc1ccco1. The second-order valence-electron chi connectivity index (χ2n) is 4.54. The number of rotatable bonds is 6. The normalized spacial score (nSPS) is 10.4. The van der Waals surface area contributed by atoms with Crippen LogP contribution >= 0.6 is 0 Å². The van der Waals surface area contributed by atoms with Crippen LogP contribution in [0.25, 0.3) is 6.08 Å². The Morgan fingerprint density at radius 2 is 1.96 bits per heavy atom. The molecule has 0 aliphatic rings. The van der Waals surface area contributed by atoms with Crippen molar-refractivity contribution in [3.05, 3.63) is 60.1 Å². The molecule has 1 amide bonds. The van der Waals surface area contributed by atoms with Crippen molar-refractivity contribution in [3.8, 4) is 0 Å². The number of para-hydroxylation sites is 1. The van der Waals surface area contributed by atoms with Gasteiger partial charge in [-0.1, -0.05) is 12.1 Å². The number of methoxy groups -OCH3 is 1. The Labute approximate surface area is 137 Å². The van der Waals surface area contributed by atoms with Gasteiger partial charge in [0.25, 0.3) is 5.91 Å². The molecule has 24 heavy (non-hydrogen) atoms. The van der Waals surface area contributed by atoms with E-state index in [0.29, 0.717) is 5.76 Å². The number of anilines is 1. The zero-order valence-corrected chi connectivity index (χ0v) is 12.9. The molecular formula is C17H15NO6. The van der Waals surface area contributed by atoms with E-state index in [0.717, 1.165) is 6.08 Å². The molecule has 0 saturated heterocycles. The molecule has 0 radical (unpaired) electrons. The highest BCUT2D eigenvalue weighted by Gasteiger charge is 2.13. The predicted octanol–water partition coefficient (Wildman–Crippen LogP) is 2.26. The summed E-state index contributed by atoms with van der Waals surface area (Å²) in [5.74, 6) is -1.36. The summed E-state index contributed by atoms with van der Waals surface area (Å²) in [6.07, 6.45) is 4.04. The Kier molecular flexibility index (Phi) is 5.90. The lowest BCUT2D eigenvalue weighted by Crippen LogP contribution is -2.21. The first kappa shape index (κ1) is 17.0. The van der Waals surface area contributed by atoms with Gasteiger partial charge < -0.3 is 19.2 Å². The van der Waals surface area contributed by atoms with Crippen LogP contribution in [0.2, 0.25) is 0 Å². The number of carbonyl (C=O) groups is 3. The third-order valence-corrected chi connectivity index (χ3v) is 2.88. The molecule has 1 heterocycles. The summed E-state index contributed by atoms with van der Waals surface area (Å²) in [6, 6.07) is 9.70. The predicted molar refractivity (Wildman–Crippen MR) is 85.1 cm³/mol. The molecule has 0 bridgehead atoms. The van der Waals surface area contributed by atoms with E-state index in [-0.39, 0.29) is 11.3 Å². The van der Waals surface area contributed by atoms with E-state index in [9.17, 15) is 14.4 Å². The molecule has 0 aliphatic heterocycles. The number of carbonyl (C=O) groups excluding carboxylic acids is 3. The molecule has 1 N–H and O–H groups in total. The molecule has 0 unspecified atom stereocenters. The second kappa shape index (κ2) is 8.33. The van der Waals surface area contributed by atoms with Gasteiger partial charge in [-0.15, -0.1) is 0 Å². The number of ether oxygens (including phenoxy) is 2. The number of hydrogen-bond acceptors (Lipinski definition) is 6. The molecular weight excluding hydrogens is 314 g/mol. The molecule has 7 nitrogen and oxygen atoms in total. The van der Waals surface area contributed by atoms with E-state index in [2.05, 4.69) is 10.1 Å². The summed E-state index contributed by atoms with van der Waals surface area (Å²) in [5.41, 5.74) is 0.480. The highest BCUT2D eigenvalue weighted by Crippen LogP contribution is 2.15. The van der Waals surface area contributed by atoms with Gasteiger partial charge >= 0.3 is 11.9 Å². The van der Waals surface area contributed by atoms with Gasteiger partial charge in [-0.3, -0.25) is 4.79 Å². The largest absolute Gasteiger partial charge is 0.465 e. The van der Waals surface area contributed by atoms with Gasteiger partial charge in [0.2, 0.25) is 0 Å². The first-order valence-electron chi connectivity index (χ1n) is 6.95. The number of nitrogens with one attached hydrogen (secondary N) is 1. The number of furan rings is 1. The molecule has 0 atom stereocenters. The maximum Gasteiger partial charge on any atom is 0.339 e. The smallest absolute Gasteiger partial charge is 0.339 e. The lowest BCUT2D eigenvalue weighted by atomic mass is 10.2. The van der Waals surface area contributed by atoms with Crippen molar-refractivity contribution >= 4 is 29.6 Å². The zero-order valence-electron chi connectivity index (χ0n) is 12.9.